The van der Waals surface area contributed by atoms with Gasteiger partial charge in [0.25, 0.3) is 24.0 Å². The number of nitrogen functional groups attached to an aromatic ring is 1. The van der Waals surface area contributed by atoms with Crippen LogP contribution in [0.1, 0.15) is 96.6 Å². The normalized spacial score (nSPS) is 12.0. The molecule has 0 aliphatic rings. The first-order valence-electron chi connectivity index (χ1n) is 15.4. The van der Waals surface area contributed by atoms with E-state index in [2.05, 4.69) is 29.4 Å². The van der Waals surface area contributed by atoms with Crippen molar-refractivity contribution in [1.29, 1.82) is 0 Å². The molecule has 10 nitrogen and oxygen atoms in total. The van der Waals surface area contributed by atoms with E-state index >= 15 is 0 Å². The maximum absolute atomic E-state index is 13.0. The molecule has 49 heavy (non-hydrogen) atoms. The summed E-state index contributed by atoms with van der Waals surface area (Å²) in [6.45, 7) is 11.9. The predicted molar refractivity (Wildman–Crippen MR) is 182 cm³/mol. The standard InChI is InChI=1S/C17H21F2N3O2.C11H17NO.C6H5ClF2N2O/c1-5-10(2)24-14-8-6-7-13(11(14)3)20-17(23)12-9-22(4)21-15(12)16(18)19;1-4-8(2)13-11-7-5-6-10(12)9(11)3;1-11-2-3(5(7)12)4(10-11)6(8)9/h6-10,16H,5H2,1-4H3,(H,20,23);5-8H,4,12H2,1-3H3;2,6H,1H3. The van der Waals surface area contributed by atoms with Crippen LogP contribution in [0.15, 0.2) is 48.8 Å². The van der Waals surface area contributed by atoms with Gasteiger partial charge in [-0.15, -0.1) is 0 Å². The summed E-state index contributed by atoms with van der Waals surface area (Å²) >= 11 is 5.04. The van der Waals surface area contributed by atoms with Crippen LogP contribution >= 0.6 is 11.6 Å². The minimum atomic E-state index is -2.81. The van der Waals surface area contributed by atoms with Crippen molar-refractivity contribution in [3.63, 3.8) is 0 Å². The van der Waals surface area contributed by atoms with Gasteiger partial charge < -0.3 is 20.5 Å². The summed E-state index contributed by atoms with van der Waals surface area (Å²) < 4.78 is 64.0. The van der Waals surface area contributed by atoms with Gasteiger partial charge in [-0.05, 0) is 76.4 Å². The van der Waals surface area contributed by atoms with Crippen molar-refractivity contribution in [3.8, 4) is 11.5 Å². The van der Waals surface area contributed by atoms with E-state index in [4.69, 9.17) is 26.8 Å². The summed E-state index contributed by atoms with van der Waals surface area (Å²) in [5.41, 5.74) is 7.36. The quantitative estimate of drug-likeness (QED) is 0.0907. The van der Waals surface area contributed by atoms with Crippen LogP contribution in [0.3, 0.4) is 0 Å². The Labute approximate surface area is 288 Å². The number of halogens is 5. The van der Waals surface area contributed by atoms with Gasteiger partial charge in [-0.3, -0.25) is 19.0 Å². The van der Waals surface area contributed by atoms with E-state index in [1.54, 1.807) is 12.1 Å². The number of benzene rings is 2. The SMILES string of the molecule is CCC(C)Oc1cccc(N)c1C.CCC(C)Oc1cccc(NC(=O)c2cn(C)nc2C(F)F)c1C.Cn1cc(C(=O)Cl)c(C(F)F)n1. The van der Waals surface area contributed by atoms with E-state index in [1.165, 1.54) is 25.0 Å². The lowest BCUT2D eigenvalue weighted by Crippen LogP contribution is -2.15. The molecule has 0 aliphatic heterocycles. The van der Waals surface area contributed by atoms with Gasteiger partial charge in [0.05, 0.1) is 23.3 Å². The molecule has 1 amide bonds. The van der Waals surface area contributed by atoms with Crippen LogP contribution in [0.25, 0.3) is 0 Å². The maximum Gasteiger partial charge on any atom is 0.282 e. The number of nitrogens with one attached hydrogen (secondary N) is 1. The first-order valence-corrected chi connectivity index (χ1v) is 15.8. The number of rotatable bonds is 11. The number of nitrogens with two attached hydrogens (primary N) is 1. The molecule has 0 spiro atoms. The molecular formula is C34H43ClF4N6O4. The van der Waals surface area contributed by atoms with Gasteiger partial charge in [-0.2, -0.15) is 10.2 Å². The Morgan fingerprint density at radius 2 is 1.27 bits per heavy atom. The molecule has 2 aromatic carbocycles. The van der Waals surface area contributed by atoms with Gasteiger partial charge in [0.2, 0.25) is 0 Å². The van der Waals surface area contributed by atoms with Crippen LogP contribution in [-0.4, -0.2) is 42.9 Å². The number of ether oxygens (including phenoxy) is 2. The molecule has 0 radical (unpaired) electrons. The fourth-order valence-electron chi connectivity index (χ4n) is 4.09. The second-order valence-corrected chi connectivity index (χ2v) is 11.4. The molecule has 4 aromatic rings. The average Bonchev–Trinajstić information content (AvgIpc) is 3.65. The highest BCUT2D eigenvalue weighted by atomic mass is 35.5. The Morgan fingerprint density at radius 3 is 1.71 bits per heavy atom. The topological polar surface area (TPSA) is 126 Å². The Kier molecular flexibility index (Phi) is 15.6. The number of aryl methyl sites for hydroxylation is 2. The van der Waals surface area contributed by atoms with E-state index in [1.807, 2.05) is 52.0 Å². The first kappa shape index (κ1) is 40.6. The molecule has 0 fully saturated rings. The third-order valence-electron chi connectivity index (χ3n) is 7.25. The van der Waals surface area contributed by atoms with Crippen molar-refractivity contribution in [1.82, 2.24) is 19.6 Å². The van der Waals surface area contributed by atoms with Gasteiger partial charge in [-0.1, -0.05) is 26.0 Å². The number of nitrogens with zero attached hydrogens (tertiary/aromatic N) is 4. The van der Waals surface area contributed by atoms with E-state index < -0.39 is 35.4 Å². The molecule has 0 aliphatic carbocycles. The molecule has 2 unspecified atom stereocenters. The first-order chi connectivity index (χ1) is 23.0. The monoisotopic (exact) mass is 710 g/mol. The zero-order chi connectivity index (χ0) is 37.0. The molecule has 0 saturated heterocycles. The predicted octanol–water partition coefficient (Wildman–Crippen LogP) is 8.59. The van der Waals surface area contributed by atoms with Gasteiger partial charge in [0, 0.05) is 49.0 Å². The zero-order valence-electron chi connectivity index (χ0n) is 28.7. The third-order valence-corrected chi connectivity index (χ3v) is 7.45. The number of carbonyl (C=O) groups is 2. The van der Waals surface area contributed by atoms with Crippen molar-refractivity contribution in [3.05, 3.63) is 82.4 Å². The highest BCUT2D eigenvalue weighted by Crippen LogP contribution is 2.29. The fraction of sp³-hybridized carbons (Fsp3) is 0.412. The molecular weight excluding hydrogens is 668 g/mol. The number of hydrogen-bond acceptors (Lipinski definition) is 7. The van der Waals surface area contributed by atoms with E-state index in [0.29, 0.717) is 11.4 Å². The number of aromatic nitrogens is 4. The van der Waals surface area contributed by atoms with Crippen molar-refractivity contribution in [2.24, 2.45) is 14.1 Å². The van der Waals surface area contributed by atoms with E-state index in [-0.39, 0.29) is 23.3 Å². The molecule has 0 bridgehead atoms. The molecule has 2 aromatic heterocycles. The lowest BCUT2D eigenvalue weighted by Gasteiger charge is -2.17. The molecule has 0 saturated carbocycles. The molecule has 268 valence electrons. The van der Waals surface area contributed by atoms with Gasteiger partial charge in [0.15, 0.2) is 0 Å². The Morgan fingerprint density at radius 1 is 0.816 bits per heavy atom. The zero-order valence-corrected chi connectivity index (χ0v) is 29.5. The lowest BCUT2D eigenvalue weighted by atomic mass is 10.1. The number of carbonyl (C=O) groups excluding carboxylic acids is 2. The summed E-state index contributed by atoms with van der Waals surface area (Å²) in [6, 6.07) is 11.0. The molecule has 15 heteroatoms. The van der Waals surface area contributed by atoms with Crippen molar-refractivity contribution in [2.45, 2.75) is 79.4 Å². The molecule has 2 atom stereocenters. The number of alkyl halides is 4. The number of amides is 1. The summed E-state index contributed by atoms with van der Waals surface area (Å²) in [4.78, 5) is 22.9. The summed E-state index contributed by atoms with van der Waals surface area (Å²) in [5.74, 6) is 0.930. The minimum Gasteiger partial charge on any atom is -0.490 e. The molecule has 3 N–H and O–H groups in total. The fourth-order valence-corrected chi connectivity index (χ4v) is 4.23. The Balaban J connectivity index is 0.000000281. The molecule has 4 rings (SSSR count). The maximum atomic E-state index is 13.0. The van der Waals surface area contributed by atoms with E-state index in [9.17, 15) is 27.2 Å². The van der Waals surface area contributed by atoms with Crippen molar-refractivity contribution in [2.75, 3.05) is 11.1 Å². The second-order valence-electron chi connectivity index (χ2n) is 11.1. The third kappa shape index (κ3) is 11.8. The Hall–Kier alpha value is -4.59. The van der Waals surface area contributed by atoms with Crippen LogP contribution in [0, 0.1) is 13.8 Å². The van der Waals surface area contributed by atoms with Gasteiger partial charge in [-0.25, -0.2) is 17.6 Å². The smallest absolute Gasteiger partial charge is 0.282 e. The Bertz CT molecular complexity index is 1700. The lowest BCUT2D eigenvalue weighted by molar-refractivity contribution is 0.101. The largest absolute Gasteiger partial charge is 0.490 e. The highest BCUT2D eigenvalue weighted by molar-refractivity contribution is 6.67. The minimum absolute atomic E-state index is 0.0402. The van der Waals surface area contributed by atoms with Crippen LogP contribution in [-0.2, 0) is 14.1 Å². The van der Waals surface area contributed by atoms with Gasteiger partial charge in [0.1, 0.15) is 22.9 Å². The summed E-state index contributed by atoms with van der Waals surface area (Å²) in [6.07, 6.45) is -0.990. The van der Waals surface area contributed by atoms with Crippen LogP contribution in [0.4, 0.5) is 28.9 Å². The van der Waals surface area contributed by atoms with E-state index in [0.717, 1.165) is 46.3 Å². The average molecular weight is 711 g/mol. The van der Waals surface area contributed by atoms with Crippen molar-refractivity contribution < 1.29 is 36.6 Å². The highest BCUT2D eigenvalue weighted by Gasteiger charge is 2.24. The van der Waals surface area contributed by atoms with Gasteiger partial charge >= 0.3 is 0 Å². The summed E-state index contributed by atoms with van der Waals surface area (Å²) in [7, 11) is 2.93. The second kappa shape index (κ2) is 18.8. The van der Waals surface area contributed by atoms with Crippen LogP contribution in [0.5, 0.6) is 11.5 Å². The number of hydrogen-bond donors (Lipinski definition) is 2. The van der Waals surface area contributed by atoms with Crippen LogP contribution in [0.2, 0.25) is 0 Å². The molecule has 2 heterocycles. The van der Waals surface area contributed by atoms with Crippen LogP contribution < -0.4 is 20.5 Å². The number of anilines is 2. The summed E-state index contributed by atoms with van der Waals surface area (Å²) in [5, 5.41) is 8.78. The van der Waals surface area contributed by atoms with Crippen molar-refractivity contribution >= 4 is 34.1 Å².